The van der Waals surface area contributed by atoms with E-state index in [1.54, 1.807) is 0 Å². The molecule has 0 aromatic rings. The molecule has 2 N–H and O–H groups in total. The van der Waals surface area contributed by atoms with E-state index in [0.29, 0.717) is 12.1 Å². The molecule has 1 heterocycles. The minimum absolute atomic E-state index is 0.263. The second-order valence-electron chi connectivity index (χ2n) is 4.44. The summed E-state index contributed by atoms with van der Waals surface area (Å²) in [7, 11) is 2.09. The largest absolute Gasteiger partial charge is 0.395 e. The SMILES string of the molecule is CC(CC1CCCCN1)N(C)CCO. The monoisotopic (exact) mass is 200 g/mol. The summed E-state index contributed by atoms with van der Waals surface area (Å²) in [5.41, 5.74) is 0. The number of hydrogen-bond donors (Lipinski definition) is 2. The fraction of sp³-hybridized carbons (Fsp3) is 1.00. The number of aliphatic hydroxyl groups excluding tert-OH is 1. The first kappa shape index (κ1) is 12.0. The van der Waals surface area contributed by atoms with Crippen molar-refractivity contribution in [2.75, 3.05) is 26.7 Å². The van der Waals surface area contributed by atoms with Gasteiger partial charge in [0.05, 0.1) is 6.61 Å². The zero-order chi connectivity index (χ0) is 10.4. The van der Waals surface area contributed by atoms with Crippen molar-refractivity contribution >= 4 is 0 Å². The van der Waals surface area contributed by atoms with Crippen LogP contribution in [0.5, 0.6) is 0 Å². The number of nitrogens with one attached hydrogen (secondary N) is 1. The van der Waals surface area contributed by atoms with Crippen LogP contribution in [0.1, 0.15) is 32.6 Å². The lowest BCUT2D eigenvalue weighted by Gasteiger charge is -2.30. The van der Waals surface area contributed by atoms with Gasteiger partial charge in [-0.05, 0) is 39.8 Å². The van der Waals surface area contributed by atoms with Crippen LogP contribution in [-0.2, 0) is 0 Å². The molecule has 0 radical (unpaired) electrons. The van der Waals surface area contributed by atoms with Crippen LogP contribution in [0.2, 0.25) is 0 Å². The molecule has 0 aliphatic carbocycles. The second kappa shape index (κ2) is 6.38. The van der Waals surface area contributed by atoms with E-state index in [4.69, 9.17) is 5.11 Å². The fourth-order valence-electron chi connectivity index (χ4n) is 2.09. The van der Waals surface area contributed by atoms with Crippen molar-refractivity contribution < 1.29 is 5.11 Å². The van der Waals surface area contributed by atoms with E-state index >= 15 is 0 Å². The van der Waals surface area contributed by atoms with Crippen LogP contribution in [0.4, 0.5) is 0 Å². The summed E-state index contributed by atoms with van der Waals surface area (Å²) in [5, 5.41) is 12.4. The van der Waals surface area contributed by atoms with Crippen molar-refractivity contribution in [2.45, 2.75) is 44.7 Å². The second-order valence-corrected chi connectivity index (χ2v) is 4.44. The van der Waals surface area contributed by atoms with Gasteiger partial charge < -0.3 is 15.3 Å². The lowest BCUT2D eigenvalue weighted by Crippen LogP contribution is -2.41. The van der Waals surface area contributed by atoms with Gasteiger partial charge in [0.25, 0.3) is 0 Å². The third-order valence-corrected chi connectivity index (χ3v) is 3.24. The van der Waals surface area contributed by atoms with E-state index in [9.17, 15) is 0 Å². The third-order valence-electron chi connectivity index (χ3n) is 3.24. The van der Waals surface area contributed by atoms with Gasteiger partial charge in [-0.2, -0.15) is 0 Å². The summed E-state index contributed by atoms with van der Waals surface area (Å²) >= 11 is 0. The first-order valence-electron chi connectivity index (χ1n) is 5.78. The summed E-state index contributed by atoms with van der Waals surface area (Å²) in [5.74, 6) is 0. The molecule has 84 valence electrons. The van der Waals surface area contributed by atoms with Crippen LogP contribution in [0.3, 0.4) is 0 Å². The van der Waals surface area contributed by atoms with Crippen molar-refractivity contribution in [3.63, 3.8) is 0 Å². The highest BCUT2D eigenvalue weighted by molar-refractivity contribution is 4.77. The number of likely N-dealkylation sites (N-methyl/N-ethyl adjacent to an activating group) is 1. The Morgan fingerprint density at radius 3 is 2.86 bits per heavy atom. The molecule has 0 saturated carbocycles. The summed E-state index contributed by atoms with van der Waals surface area (Å²) in [4.78, 5) is 2.23. The fourth-order valence-corrected chi connectivity index (χ4v) is 2.09. The molecule has 1 fully saturated rings. The van der Waals surface area contributed by atoms with Gasteiger partial charge in [-0.15, -0.1) is 0 Å². The van der Waals surface area contributed by atoms with E-state index in [1.807, 2.05) is 0 Å². The maximum absolute atomic E-state index is 8.83. The minimum Gasteiger partial charge on any atom is -0.395 e. The van der Waals surface area contributed by atoms with Crippen molar-refractivity contribution in [1.82, 2.24) is 10.2 Å². The molecule has 3 heteroatoms. The first-order chi connectivity index (χ1) is 6.74. The molecule has 0 amide bonds. The van der Waals surface area contributed by atoms with E-state index in [1.165, 1.54) is 32.2 Å². The van der Waals surface area contributed by atoms with Gasteiger partial charge in [0.1, 0.15) is 0 Å². The summed E-state index contributed by atoms with van der Waals surface area (Å²) in [6.07, 6.45) is 5.22. The van der Waals surface area contributed by atoms with Crippen LogP contribution in [-0.4, -0.2) is 48.8 Å². The van der Waals surface area contributed by atoms with Crippen LogP contribution in [0, 0.1) is 0 Å². The highest BCUT2D eigenvalue weighted by Crippen LogP contribution is 2.13. The number of hydrogen-bond acceptors (Lipinski definition) is 3. The van der Waals surface area contributed by atoms with Gasteiger partial charge in [0.2, 0.25) is 0 Å². The van der Waals surface area contributed by atoms with E-state index in [0.717, 1.165) is 6.54 Å². The van der Waals surface area contributed by atoms with Gasteiger partial charge in [0, 0.05) is 18.6 Å². The lowest BCUT2D eigenvalue weighted by atomic mass is 9.98. The van der Waals surface area contributed by atoms with Crippen molar-refractivity contribution in [1.29, 1.82) is 0 Å². The molecular formula is C11H24N2O. The summed E-state index contributed by atoms with van der Waals surface area (Å²) in [6, 6.07) is 1.26. The Balaban J connectivity index is 2.20. The maximum Gasteiger partial charge on any atom is 0.0558 e. The Labute approximate surface area is 87.5 Å². The van der Waals surface area contributed by atoms with Gasteiger partial charge in [-0.3, -0.25) is 0 Å². The molecule has 2 unspecified atom stereocenters. The Kier molecular flexibility index (Phi) is 5.45. The highest BCUT2D eigenvalue weighted by atomic mass is 16.3. The first-order valence-corrected chi connectivity index (χ1v) is 5.78. The maximum atomic E-state index is 8.83. The molecule has 0 spiro atoms. The number of aliphatic hydroxyl groups is 1. The summed E-state index contributed by atoms with van der Waals surface area (Å²) < 4.78 is 0. The average molecular weight is 200 g/mol. The van der Waals surface area contributed by atoms with Crippen molar-refractivity contribution in [3.05, 3.63) is 0 Å². The molecule has 1 aliphatic heterocycles. The molecule has 0 bridgehead atoms. The lowest BCUT2D eigenvalue weighted by molar-refractivity contribution is 0.169. The minimum atomic E-state index is 0.263. The molecule has 0 aromatic heterocycles. The molecular weight excluding hydrogens is 176 g/mol. The summed E-state index contributed by atoms with van der Waals surface area (Å²) in [6.45, 7) is 4.47. The van der Waals surface area contributed by atoms with Crippen LogP contribution in [0.15, 0.2) is 0 Å². The highest BCUT2D eigenvalue weighted by Gasteiger charge is 2.17. The zero-order valence-electron chi connectivity index (χ0n) is 9.50. The predicted molar refractivity (Wildman–Crippen MR) is 59.4 cm³/mol. The normalized spacial score (nSPS) is 25.3. The molecule has 1 aliphatic rings. The van der Waals surface area contributed by atoms with E-state index in [2.05, 4.69) is 24.2 Å². The average Bonchev–Trinajstić information content (AvgIpc) is 2.19. The molecule has 14 heavy (non-hydrogen) atoms. The zero-order valence-corrected chi connectivity index (χ0v) is 9.50. The van der Waals surface area contributed by atoms with Gasteiger partial charge in [0.15, 0.2) is 0 Å². The molecule has 0 aromatic carbocycles. The predicted octanol–water partition coefficient (Wildman–Crippen LogP) is 0.831. The standard InChI is InChI=1S/C11H24N2O/c1-10(13(2)7-8-14)9-11-5-3-4-6-12-11/h10-12,14H,3-9H2,1-2H3. The van der Waals surface area contributed by atoms with Crippen LogP contribution < -0.4 is 5.32 Å². The molecule has 1 rings (SSSR count). The number of nitrogens with zero attached hydrogens (tertiary/aromatic N) is 1. The van der Waals surface area contributed by atoms with Crippen LogP contribution in [0.25, 0.3) is 0 Å². The van der Waals surface area contributed by atoms with Gasteiger partial charge in [-0.25, -0.2) is 0 Å². The third kappa shape index (κ3) is 3.95. The van der Waals surface area contributed by atoms with E-state index < -0.39 is 0 Å². The molecule has 2 atom stereocenters. The smallest absolute Gasteiger partial charge is 0.0558 e. The Hall–Kier alpha value is -0.120. The van der Waals surface area contributed by atoms with Crippen molar-refractivity contribution in [2.24, 2.45) is 0 Å². The molecule has 3 nitrogen and oxygen atoms in total. The molecule has 1 saturated heterocycles. The topological polar surface area (TPSA) is 35.5 Å². The van der Waals surface area contributed by atoms with Crippen molar-refractivity contribution in [3.8, 4) is 0 Å². The number of rotatable bonds is 5. The van der Waals surface area contributed by atoms with Crippen LogP contribution >= 0.6 is 0 Å². The quantitative estimate of drug-likeness (QED) is 0.690. The van der Waals surface area contributed by atoms with Gasteiger partial charge in [-0.1, -0.05) is 6.42 Å². The van der Waals surface area contributed by atoms with E-state index in [-0.39, 0.29) is 6.61 Å². The Bertz CT molecular complexity index is 146. The number of piperidine rings is 1. The van der Waals surface area contributed by atoms with Gasteiger partial charge >= 0.3 is 0 Å². The Morgan fingerprint density at radius 2 is 2.29 bits per heavy atom. The Morgan fingerprint density at radius 1 is 1.50 bits per heavy atom.